The molecule has 0 bridgehead atoms. The minimum Gasteiger partial charge on any atom is -0.410 e. The molecular weight excluding hydrogens is 395 g/mol. The van der Waals surface area contributed by atoms with Crippen LogP contribution in [-0.2, 0) is 4.79 Å². The van der Waals surface area contributed by atoms with E-state index in [1.807, 2.05) is 18.2 Å². The number of nitrogens with one attached hydrogen (secondary N) is 2. The van der Waals surface area contributed by atoms with E-state index in [0.29, 0.717) is 11.4 Å². The quantitative estimate of drug-likeness (QED) is 0.760. The molecule has 0 radical (unpaired) electrons. The van der Waals surface area contributed by atoms with E-state index in [4.69, 9.17) is 4.74 Å². The van der Waals surface area contributed by atoms with Crippen LogP contribution in [0.4, 0.5) is 10.5 Å². The first-order valence-electron chi connectivity index (χ1n) is 6.64. The second-order valence-corrected chi connectivity index (χ2v) is 5.81. The maximum Gasteiger partial charge on any atom is 0.413 e. The van der Waals surface area contributed by atoms with Gasteiger partial charge in [-0.3, -0.25) is 4.79 Å². The number of carbonyl (C=O) groups excluding carboxylic acids is 2. The molecule has 0 aromatic heterocycles. The third-order valence-electron chi connectivity index (χ3n) is 2.79. The van der Waals surface area contributed by atoms with Gasteiger partial charge in [0, 0.05) is 9.26 Å². The number of carbonyl (C=O) groups is 2. The Hall–Kier alpha value is -2.09. The Morgan fingerprint density at radius 1 is 1.05 bits per heavy atom. The Morgan fingerprint density at radius 3 is 2.32 bits per heavy atom. The average Bonchev–Trinajstić information content (AvgIpc) is 2.50. The zero-order valence-electron chi connectivity index (χ0n) is 11.9. The number of hydrogen-bond acceptors (Lipinski definition) is 3. The molecule has 0 fully saturated rings. The normalized spacial score (nSPS) is 11.4. The highest BCUT2D eigenvalue weighted by atomic mass is 127. The van der Waals surface area contributed by atoms with Crippen molar-refractivity contribution in [2.24, 2.45) is 0 Å². The molecule has 2 amide bonds. The number of amides is 2. The first-order chi connectivity index (χ1) is 10.5. The number of benzene rings is 2. The molecule has 0 aliphatic rings. The smallest absolute Gasteiger partial charge is 0.410 e. The predicted octanol–water partition coefficient (Wildman–Crippen LogP) is 3.41. The Balaban J connectivity index is 1.85. The van der Waals surface area contributed by atoms with Crippen LogP contribution in [0.1, 0.15) is 6.92 Å². The van der Waals surface area contributed by atoms with E-state index in [1.54, 1.807) is 43.3 Å². The Labute approximate surface area is 142 Å². The van der Waals surface area contributed by atoms with Gasteiger partial charge in [0.25, 0.3) is 0 Å². The summed E-state index contributed by atoms with van der Waals surface area (Å²) in [6.07, 6.45) is -0.670. The topological polar surface area (TPSA) is 67.4 Å². The number of hydrogen-bond donors (Lipinski definition) is 2. The van der Waals surface area contributed by atoms with Gasteiger partial charge in [0.05, 0.1) is 0 Å². The van der Waals surface area contributed by atoms with Crippen molar-refractivity contribution in [2.45, 2.75) is 13.0 Å². The number of ether oxygens (including phenoxy) is 1. The zero-order valence-corrected chi connectivity index (χ0v) is 14.0. The number of rotatable bonds is 4. The van der Waals surface area contributed by atoms with E-state index < -0.39 is 12.1 Å². The molecule has 114 valence electrons. The summed E-state index contributed by atoms with van der Waals surface area (Å²) in [4.78, 5) is 23.7. The monoisotopic (exact) mass is 410 g/mol. The number of halogens is 1. The molecule has 2 aromatic carbocycles. The van der Waals surface area contributed by atoms with Crippen LogP contribution in [0.3, 0.4) is 0 Å². The summed E-state index contributed by atoms with van der Waals surface area (Å²) in [6.45, 7) is 1.59. The van der Waals surface area contributed by atoms with Gasteiger partial charge >= 0.3 is 6.09 Å². The van der Waals surface area contributed by atoms with Crippen LogP contribution < -0.4 is 15.4 Å². The van der Waals surface area contributed by atoms with Gasteiger partial charge in [-0.25, -0.2) is 4.79 Å². The molecule has 0 spiro atoms. The van der Waals surface area contributed by atoms with Gasteiger partial charge in [0.15, 0.2) is 0 Å². The molecule has 0 saturated carbocycles. The molecule has 1 atom stereocenters. The lowest BCUT2D eigenvalue weighted by atomic mass is 10.3. The molecular formula is C16H15IN2O3. The Kier molecular flexibility index (Phi) is 5.76. The molecule has 0 aliphatic carbocycles. The third kappa shape index (κ3) is 5.03. The van der Waals surface area contributed by atoms with Crippen LogP contribution in [-0.4, -0.2) is 18.0 Å². The van der Waals surface area contributed by atoms with E-state index in [0.717, 1.165) is 3.57 Å². The number of para-hydroxylation sites is 1. The summed E-state index contributed by atoms with van der Waals surface area (Å²) in [5.74, 6) is 0.108. The average molecular weight is 410 g/mol. The highest BCUT2D eigenvalue weighted by Gasteiger charge is 2.16. The van der Waals surface area contributed by atoms with Gasteiger partial charge in [-0.15, -0.1) is 0 Å². The van der Waals surface area contributed by atoms with Gasteiger partial charge in [-0.2, -0.15) is 0 Å². The van der Waals surface area contributed by atoms with Crippen molar-refractivity contribution in [3.8, 4) is 5.75 Å². The molecule has 22 heavy (non-hydrogen) atoms. The Morgan fingerprint density at radius 2 is 1.68 bits per heavy atom. The van der Waals surface area contributed by atoms with Crippen LogP contribution in [0.2, 0.25) is 0 Å². The Bertz CT molecular complexity index is 644. The second-order valence-electron chi connectivity index (χ2n) is 4.56. The fraction of sp³-hybridized carbons (Fsp3) is 0.125. The van der Waals surface area contributed by atoms with Crippen LogP contribution >= 0.6 is 22.6 Å². The molecule has 2 N–H and O–H groups in total. The zero-order chi connectivity index (χ0) is 15.9. The van der Waals surface area contributed by atoms with Crippen molar-refractivity contribution in [3.63, 3.8) is 0 Å². The van der Waals surface area contributed by atoms with E-state index in [-0.39, 0.29) is 5.91 Å². The van der Waals surface area contributed by atoms with Gasteiger partial charge < -0.3 is 15.4 Å². The van der Waals surface area contributed by atoms with Crippen molar-refractivity contribution in [1.29, 1.82) is 0 Å². The fourth-order valence-electron chi connectivity index (χ4n) is 1.65. The fourth-order valence-corrected chi connectivity index (χ4v) is 2.01. The molecule has 0 heterocycles. The standard InChI is InChI=1S/C16H15IN2O3/c1-11(15(20)19-13-9-7-12(17)8-10-13)18-16(21)22-14-5-3-2-4-6-14/h2-11H,1H3,(H,18,21)(H,19,20)/t11-/m0/s1. The highest BCUT2D eigenvalue weighted by molar-refractivity contribution is 14.1. The first-order valence-corrected chi connectivity index (χ1v) is 7.72. The van der Waals surface area contributed by atoms with Gasteiger partial charge in [0.1, 0.15) is 11.8 Å². The minimum absolute atomic E-state index is 0.314. The predicted molar refractivity (Wildman–Crippen MR) is 92.9 cm³/mol. The lowest BCUT2D eigenvalue weighted by Crippen LogP contribution is -2.42. The van der Waals surface area contributed by atoms with Crippen molar-refractivity contribution in [2.75, 3.05) is 5.32 Å². The summed E-state index contributed by atoms with van der Waals surface area (Å²) < 4.78 is 6.15. The molecule has 2 rings (SSSR count). The summed E-state index contributed by atoms with van der Waals surface area (Å²) in [6, 6.07) is 15.3. The van der Waals surface area contributed by atoms with E-state index in [1.165, 1.54) is 0 Å². The van der Waals surface area contributed by atoms with Crippen LogP contribution in [0.15, 0.2) is 54.6 Å². The summed E-state index contributed by atoms with van der Waals surface area (Å²) in [7, 11) is 0. The molecule has 2 aromatic rings. The SMILES string of the molecule is C[C@H](NC(=O)Oc1ccccc1)C(=O)Nc1ccc(I)cc1. The van der Waals surface area contributed by atoms with E-state index in [9.17, 15) is 9.59 Å². The molecule has 5 nitrogen and oxygen atoms in total. The first kappa shape index (κ1) is 16.3. The second kappa shape index (κ2) is 7.79. The summed E-state index contributed by atoms with van der Waals surface area (Å²) >= 11 is 2.18. The van der Waals surface area contributed by atoms with Gasteiger partial charge in [-0.05, 0) is 65.9 Å². The van der Waals surface area contributed by atoms with Crippen molar-refractivity contribution < 1.29 is 14.3 Å². The molecule has 6 heteroatoms. The largest absolute Gasteiger partial charge is 0.413 e. The maximum absolute atomic E-state index is 12.0. The lowest BCUT2D eigenvalue weighted by Gasteiger charge is -2.14. The van der Waals surface area contributed by atoms with Crippen molar-refractivity contribution in [1.82, 2.24) is 5.32 Å². The molecule has 0 saturated heterocycles. The van der Waals surface area contributed by atoms with E-state index >= 15 is 0 Å². The minimum atomic E-state index is -0.713. The molecule has 0 unspecified atom stereocenters. The highest BCUT2D eigenvalue weighted by Crippen LogP contribution is 2.11. The van der Waals surface area contributed by atoms with Crippen LogP contribution in [0, 0.1) is 3.57 Å². The molecule has 0 aliphatic heterocycles. The summed E-state index contributed by atoms with van der Waals surface area (Å²) in [5.41, 5.74) is 0.676. The van der Waals surface area contributed by atoms with E-state index in [2.05, 4.69) is 33.2 Å². The van der Waals surface area contributed by atoms with Crippen LogP contribution in [0.5, 0.6) is 5.75 Å². The third-order valence-corrected chi connectivity index (χ3v) is 3.51. The maximum atomic E-state index is 12.0. The lowest BCUT2D eigenvalue weighted by molar-refractivity contribution is -0.117. The number of anilines is 1. The van der Waals surface area contributed by atoms with Crippen LogP contribution in [0.25, 0.3) is 0 Å². The van der Waals surface area contributed by atoms with Gasteiger partial charge in [-0.1, -0.05) is 18.2 Å². The summed E-state index contributed by atoms with van der Waals surface area (Å²) in [5, 5.41) is 5.21. The van der Waals surface area contributed by atoms with Crippen molar-refractivity contribution in [3.05, 3.63) is 58.2 Å². The van der Waals surface area contributed by atoms with Gasteiger partial charge in [0.2, 0.25) is 5.91 Å². The van der Waals surface area contributed by atoms with Crippen molar-refractivity contribution >= 4 is 40.3 Å².